The standard InChI is InChI=1S/C9H16N4O/c1-13(2)9-11-8(12-14-9)7-3-5-10-6-4-7/h7,10H,3-6H2,1-2H3. The van der Waals surface area contributed by atoms with Crippen molar-refractivity contribution in [3.63, 3.8) is 0 Å². The predicted molar refractivity (Wildman–Crippen MR) is 53.5 cm³/mol. The first-order valence-electron chi connectivity index (χ1n) is 4.99. The van der Waals surface area contributed by atoms with Crippen molar-refractivity contribution in [3.8, 4) is 0 Å². The Hall–Kier alpha value is -1.10. The van der Waals surface area contributed by atoms with E-state index >= 15 is 0 Å². The molecule has 2 rings (SSSR count). The van der Waals surface area contributed by atoms with Crippen LogP contribution in [0.25, 0.3) is 0 Å². The second-order valence-corrected chi connectivity index (χ2v) is 3.85. The molecule has 1 aliphatic rings. The van der Waals surface area contributed by atoms with Gasteiger partial charge in [0.1, 0.15) is 0 Å². The van der Waals surface area contributed by atoms with Gasteiger partial charge in [-0.2, -0.15) is 4.98 Å². The Kier molecular flexibility index (Phi) is 2.67. The second kappa shape index (κ2) is 3.96. The molecule has 0 atom stereocenters. The van der Waals surface area contributed by atoms with E-state index < -0.39 is 0 Å². The first-order valence-corrected chi connectivity index (χ1v) is 4.99. The van der Waals surface area contributed by atoms with Gasteiger partial charge in [0.05, 0.1) is 0 Å². The van der Waals surface area contributed by atoms with E-state index in [0.717, 1.165) is 31.8 Å². The van der Waals surface area contributed by atoms with Crippen molar-refractivity contribution in [2.75, 3.05) is 32.1 Å². The largest absolute Gasteiger partial charge is 0.331 e. The zero-order valence-corrected chi connectivity index (χ0v) is 8.66. The quantitative estimate of drug-likeness (QED) is 0.750. The molecule has 0 bridgehead atoms. The van der Waals surface area contributed by atoms with Crippen LogP contribution < -0.4 is 10.2 Å². The van der Waals surface area contributed by atoms with Crippen LogP contribution in [-0.4, -0.2) is 37.3 Å². The van der Waals surface area contributed by atoms with Crippen LogP contribution in [0.3, 0.4) is 0 Å². The van der Waals surface area contributed by atoms with Crippen LogP contribution in [0.5, 0.6) is 0 Å². The molecule has 0 radical (unpaired) electrons. The monoisotopic (exact) mass is 196 g/mol. The summed E-state index contributed by atoms with van der Waals surface area (Å²) in [6.07, 6.45) is 2.21. The van der Waals surface area contributed by atoms with Crippen LogP contribution in [-0.2, 0) is 0 Å². The average Bonchev–Trinajstić information content (AvgIpc) is 2.68. The lowest BCUT2D eigenvalue weighted by molar-refractivity contribution is 0.388. The van der Waals surface area contributed by atoms with Gasteiger partial charge in [0, 0.05) is 20.0 Å². The number of hydrogen-bond donors (Lipinski definition) is 1. The van der Waals surface area contributed by atoms with Crippen molar-refractivity contribution in [2.24, 2.45) is 0 Å². The van der Waals surface area contributed by atoms with Gasteiger partial charge < -0.3 is 14.7 Å². The van der Waals surface area contributed by atoms with Crippen molar-refractivity contribution in [1.29, 1.82) is 0 Å². The molecule has 0 aromatic carbocycles. The summed E-state index contributed by atoms with van der Waals surface area (Å²) in [7, 11) is 3.80. The van der Waals surface area contributed by atoms with Crippen LogP contribution in [0.1, 0.15) is 24.6 Å². The second-order valence-electron chi connectivity index (χ2n) is 3.85. The lowest BCUT2D eigenvalue weighted by Crippen LogP contribution is -2.27. The van der Waals surface area contributed by atoms with Gasteiger partial charge in [0.2, 0.25) is 0 Å². The summed E-state index contributed by atoms with van der Waals surface area (Å²) in [5.41, 5.74) is 0. The summed E-state index contributed by atoms with van der Waals surface area (Å²) >= 11 is 0. The summed E-state index contributed by atoms with van der Waals surface area (Å²) in [5.74, 6) is 1.32. The summed E-state index contributed by atoms with van der Waals surface area (Å²) in [4.78, 5) is 6.18. The Morgan fingerprint density at radius 3 is 2.64 bits per heavy atom. The molecule has 0 aliphatic carbocycles. The normalized spacial score (nSPS) is 18.4. The Bertz CT molecular complexity index is 291. The number of aromatic nitrogens is 2. The third kappa shape index (κ3) is 1.87. The SMILES string of the molecule is CN(C)c1nc(C2CCNCC2)no1. The van der Waals surface area contributed by atoms with Crippen LogP contribution >= 0.6 is 0 Å². The molecule has 0 saturated carbocycles. The molecule has 1 aromatic rings. The van der Waals surface area contributed by atoms with Crippen LogP contribution in [0, 0.1) is 0 Å². The lowest BCUT2D eigenvalue weighted by Gasteiger charge is -2.18. The third-order valence-electron chi connectivity index (χ3n) is 2.52. The van der Waals surface area contributed by atoms with E-state index in [2.05, 4.69) is 15.5 Å². The predicted octanol–water partition coefficient (Wildman–Crippen LogP) is 0.603. The van der Waals surface area contributed by atoms with Gasteiger partial charge in [-0.1, -0.05) is 5.16 Å². The molecule has 1 saturated heterocycles. The molecule has 1 fully saturated rings. The summed E-state index contributed by atoms with van der Waals surface area (Å²) in [6, 6.07) is 0.596. The molecule has 1 N–H and O–H groups in total. The maximum Gasteiger partial charge on any atom is 0.323 e. The molecular formula is C9H16N4O. The molecule has 1 aliphatic heterocycles. The smallest absolute Gasteiger partial charge is 0.323 e. The van der Waals surface area contributed by atoms with Gasteiger partial charge in [0.25, 0.3) is 0 Å². The highest BCUT2D eigenvalue weighted by Crippen LogP contribution is 2.23. The zero-order valence-electron chi connectivity index (χ0n) is 8.66. The summed E-state index contributed by atoms with van der Waals surface area (Å²) < 4.78 is 5.12. The minimum absolute atomic E-state index is 0.466. The molecule has 14 heavy (non-hydrogen) atoms. The molecule has 0 spiro atoms. The van der Waals surface area contributed by atoms with Crippen LogP contribution in [0.4, 0.5) is 6.01 Å². The number of rotatable bonds is 2. The van der Waals surface area contributed by atoms with E-state index in [0.29, 0.717) is 11.9 Å². The highest BCUT2D eigenvalue weighted by Gasteiger charge is 2.20. The minimum Gasteiger partial charge on any atom is -0.331 e. The minimum atomic E-state index is 0.466. The number of nitrogens with one attached hydrogen (secondary N) is 1. The molecule has 5 heteroatoms. The van der Waals surface area contributed by atoms with Crippen molar-refractivity contribution in [3.05, 3.63) is 5.82 Å². The fourth-order valence-electron chi connectivity index (χ4n) is 1.65. The van der Waals surface area contributed by atoms with E-state index in [1.807, 2.05) is 19.0 Å². The Morgan fingerprint density at radius 1 is 1.36 bits per heavy atom. The maximum absolute atomic E-state index is 5.12. The number of hydrogen-bond acceptors (Lipinski definition) is 5. The first kappa shape index (κ1) is 9.45. The van der Waals surface area contributed by atoms with Gasteiger partial charge in [-0.15, -0.1) is 0 Å². The van der Waals surface area contributed by atoms with Crippen molar-refractivity contribution in [1.82, 2.24) is 15.5 Å². The average molecular weight is 196 g/mol. The molecule has 0 unspecified atom stereocenters. The number of anilines is 1. The summed E-state index contributed by atoms with van der Waals surface area (Å²) in [6.45, 7) is 2.10. The number of nitrogens with zero attached hydrogens (tertiary/aromatic N) is 3. The van der Waals surface area contributed by atoms with Crippen molar-refractivity contribution < 1.29 is 4.52 Å². The van der Waals surface area contributed by atoms with E-state index in [4.69, 9.17) is 4.52 Å². The lowest BCUT2D eigenvalue weighted by atomic mass is 9.98. The molecule has 1 aromatic heterocycles. The van der Waals surface area contributed by atoms with Crippen molar-refractivity contribution >= 4 is 6.01 Å². The fourth-order valence-corrected chi connectivity index (χ4v) is 1.65. The van der Waals surface area contributed by atoms with E-state index in [1.54, 1.807) is 0 Å². The summed E-state index contributed by atoms with van der Waals surface area (Å²) in [5, 5.41) is 7.32. The Balaban J connectivity index is 2.07. The van der Waals surface area contributed by atoms with Crippen LogP contribution in [0.2, 0.25) is 0 Å². The topological polar surface area (TPSA) is 54.2 Å². The highest BCUT2D eigenvalue weighted by molar-refractivity contribution is 5.21. The first-order chi connectivity index (χ1) is 6.77. The van der Waals surface area contributed by atoms with Gasteiger partial charge in [-0.3, -0.25) is 0 Å². The molecule has 78 valence electrons. The van der Waals surface area contributed by atoms with Crippen molar-refractivity contribution in [2.45, 2.75) is 18.8 Å². The molecule has 5 nitrogen and oxygen atoms in total. The van der Waals surface area contributed by atoms with Gasteiger partial charge >= 0.3 is 6.01 Å². The van der Waals surface area contributed by atoms with Crippen LogP contribution in [0.15, 0.2) is 4.52 Å². The highest BCUT2D eigenvalue weighted by atomic mass is 16.5. The molecule has 0 amide bonds. The zero-order chi connectivity index (χ0) is 9.97. The van der Waals surface area contributed by atoms with Gasteiger partial charge in [-0.05, 0) is 25.9 Å². The molecule has 2 heterocycles. The third-order valence-corrected chi connectivity index (χ3v) is 2.52. The van der Waals surface area contributed by atoms with E-state index in [1.165, 1.54) is 0 Å². The van der Waals surface area contributed by atoms with E-state index in [-0.39, 0.29) is 0 Å². The molecular weight excluding hydrogens is 180 g/mol. The van der Waals surface area contributed by atoms with Gasteiger partial charge in [0.15, 0.2) is 5.82 Å². The number of piperidine rings is 1. The Morgan fingerprint density at radius 2 is 2.07 bits per heavy atom. The Labute approximate surface area is 83.5 Å². The van der Waals surface area contributed by atoms with Gasteiger partial charge in [-0.25, -0.2) is 0 Å². The van der Waals surface area contributed by atoms with E-state index in [9.17, 15) is 0 Å². The fraction of sp³-hybridized carbons (Fsp3) is 0.778. The maximum atomic E-state index is 5.12.